The average molecular weight is 209 g/mol. The van der Waals surface area contributed by atoms with E-state index >= 15 is 0 Å². The largest absolute Gasteiger partial charge is 0.492 e. The first-order chi connectivity index (χ1) is 7.13. The van der Waals surface area contributed by atoms with E-state index in [1.165, 1.54) is 18.5 Å². The van der Waals surface area contributed by atoms with Crippen molar-refractivity contribution in [3.8, 4) is 5.75 Å². The molecule has 0 fully saturated rings. The lowest BCUT2D eigenvalue weighted by atomic mass is 10.1. The van der Waals surface area contributed by atoms with Gasteiger partial charge in [0.15, 0.2) is 0 Å². The van der Waals surface area contributed by atoms with Gasteiger partial charge in [0.1, 0.15) is 5.75 Å². The lowest BCUT2D eigenvalue weighted by molar-refractivity contribution is 0.0696. The fourth-order valence-electron chi connectivity index (χ4n) is 0.971. The van der Waals surface area contributed by atoms with Crippen molar-refractivity contribution in [2.75, 3.05) is 6.61 Å². The maximum absolute atomic E-state index is 10.7. The molecule has 0 spiro atoms. The smallest absolute Gasteiger partial charge is 0.337 e. The number of carboxylic acids is 1. The molecule has 0 saturated carbocycles. The minimum Gasteiger partial charge on any atom is -0.492 e. The molecule has 0 aliphatic heterocycles. The fourth-order valence-corrected chi connectivity index (χ4v) is 0.971. The Morgan fingerprint density at radius 3 is 2.93 bits per heavy atom. The third-order valence-corrected chi connectivity index (χ3v) is 2.19. The summed E-state index contributed by atoms with van der Waals surface area (Å²) in [6, 6.07) is 1.48. The summed E-state index contributed by atoms with van der Waals surface area (Å²) in [6.45, 7) is 4.75. The highest BCUT2D eigenvalue weighted by atomic mass is 16.5. The van der Waals surface area contributed by atoms with E-state index in [1.54, 1.807) is 0 Å². The van der Waals surface area contributed by atoms with E-state index in [0.29, 0.717) is 18.3 Å². The van der Waals surface area contributed by atoms with Crippen molar-refractivity contribution in [1.29, 1.82) is 0 Å². The maximum atomic E-state index is 10.7. The predicted octanol–water partition coefficient (Wildman–Crippen LogP) is 2.20. The number of pyridine rings is 1. The lowest BCUT2D eigenvalue weighted by Gasteiger charge is -2.10. The molecule has 1 unspecified atom stereocenters. The molecule has 82 valence electrons. The second-order valence-electron chi connectivity index (χ2n) is 3.54. The maximum Gasteiger partial charge on any atom is 0.337 e. The number of carboxylic acid groups (broad SMARTS) is 1. The first-order valence-corrected chi connectivity index (χ1v) is 4.94. The molecule has 0 saturated heterocycles. The zero-order valence-corrected chi connectivity index (χ0v) is 8.93. The summed E-state index contributed by atoms with van der Waals surface area (Å²) in [5, 5.41) is 8.74. The quantitative estimate of drug-likeness (QED) is 0.807. The molecular formula is C11H15NO3. The van der Waals surface area contributed by atoms with Crippen molar-refractivity contribution in [2.45, 2.75) is 20.3 Å². The highest BCUT2D eigenvalue weighted by Crippen LogP contribution is 2.13. The van der Waals surface area contributed by atoms with Crippen molar-refractivity contribution in [1.82, 2.24) is 4.98 Å². The van der Waals surface area contributed by atoms with Crippen LogP contribution in [-0.4, -0.2) is 22.7 Å². The summed E-state index contributed by atoms with van der Waals surface area (Å²) < 4.78 is 5.42. The van der Waals surface area contributed by atoms with Crippen LogP contribution in [0.2, 0.25) is 0 Å². The summed E-state index contributed by atoms with van der Waals surface area (Å²) in [7, 11) is 0. The van der Waals surface area contributed by atoms with E-state index in [4.69, 9.17) is 9.84 Å². The molecule has 0 radical (unpaired) electrons. The van der Waals surface area contributed by atoms with E-state index < -0.39 is 5.97 Å². The minimum absolute atomic E-state index is 0.150. The monoisotopic (exact) mass is 209 g/mol. The third-order valence-electron chi connectivity index (χ3n) is 2.19. The van der Waals surface area contributed by atoms with Gasteiger partial charge >= 0.3 is 5.97 Å². The van der Waals surface area contributed by atoms with Crippen LogP contribution in [0.4, 0.5) is 0 Å². The molecule has 1 heterocycles. The second-order valence-corrected chi connectivity index (χ2v) is 3.54. The zero-order chi connectivity index (χ0) is 11.3. The summed E-state index contributed by atoms with van der Waals surface area (Å²) >= 11 is 0. The van der Waals surface area contributed by atoms with E-state index in [-0.39, 0.29) is 5.56 Å². The highest BCUT2D eigenvalue weighted by Gasteiger charge is 2.05. The molecule has 4 nitrogen and oxygen atoms in total. The van der Waals surface area contributed by atoms with Gasteiger partial charge in [-0.1, -0.05) is 20.3 Å². The summed E-state index contributed by atoms with van der Waals surface area (Å²) in [4.78, 5) is 14.5. The Bertz CT molecular complexity index is 338. The van der Waals surface area contributed by atoms with Crippen LogP contribution in [0.3, 0.4) is 0 Å². The molecule has 0 aliphatic carbocycles. The zero-order valence-electron chi connectivity index (χ0n) is 8.93. The number of aromatic nitrogens is 1. The molecule has 15 heavy (non-hydrogen) atoms. The molecule has 0 bridgehead atoms. The van der Waals surface area contributed by atoms with Gasteiger partial charge in [-0.15, -0.1) is 0 Å². The Balaban J connectivity index is 2.62. The lowest BCUT2D eigenvalue weighted by Crippen LogP contribution is -2.08. The summed E-state index contributed by atoms with van der Waals surface area (Å²) in [6.07, 6.45) is 3.86. The number of nitrogens with zero attached hydrogens (tertiary/aromatic N) is 1. The topological polar surface area (TPSA) is 59.4 Å². The Morgan fingerprint density at radius 2 is 2.33 bits per heavy atom. The summed E-state index contributed by atoms with van der Waals surface area (Å²) in [5.41, 5.74) is 0.150. The second kappa shape index (κ2) is 5.34. The van der Waals surface area contributed by atoms with Gasteiger partial charge in [0, 0.05) is 6.20 Å². The van der Waals surface area contributed by atoms with Crippen LogP contribution in [0, 0.1) is 5.92 Å². The number of rotatable bonds is 5. The van der Waals surface area contributed by atoms with Crippen molar-refractivity contribution in [3.05, 3.63) is 24.0 Å². The van der Waals surface area contributed by atoms with Gasteiger partial charge in [-0.2, -0.15) is 0 Å². The molecule has 1 N–H and O–H groups in total. The highest BCUT2D eigenvalue weighted by molar-refractivity contribution is 5.87. The fraction of sp³-hybridized carbons (Fsp3) is 0.455. The van der Waals surface area contributed by atoms with Gasteiger partial charge in [0.05, 0.1) is 18.4 Å². The Kier molecular flexibility index (Phi) is 4.09. The van der Waals surface area contributed by atoms with Gasteiger partial charge in [-0.25, -0.2) is 4.79 Å². The van der Waals surface area contributed by atoms with Gasteiger partial charge in [-0.05, 0) is 12.0 Å². The molecule has 1 aromatic rings. The number of hydrogen-bond acceptors (Lipinski definition) is 3. The van der Waals surface area contributed by atoms with Crippen LogP contribution in [0.1, 0.15) is 30.6 Å². The van der Waals surface area contributed by atoms with E-state index in [1.807, 2.05) is 0 Å². The van der Waals surface area contributed by atoms with Crippen LogP contribution >= 0.6 is 0 Å². The van der Waals surface area contributed by atoms with Crippen molar-refractivity contribution in [3.63, 3.8) is 0 Å². The van der Waals surface area contributed by atoms with Crippen LogP contribution in [0.5, 0.6) is 5.75 Å². The molecule has 4 heteroatoms. The Morgan fingerprint density at radius 1 is 1.60 bits per heavy atom. The number of hydrogen-bond donors (Lipinski definition) is 1. The van der Waals surface area contributed by atoms with Crippen LogP contribution in [0.25, 0.3) is 0 Å². The normalized spacial score (nSPS) is 12.1. The summed E-state index contributed by atoms with van der Waals surface area (Å²) in [5.74, 6) is -0.0230. The van der Waals surface area contributed by atoms with E-state index in [2.05, 4.69) is 18.8 Å². The van der Waals surface area contributed by atoms with Crippen LogP contribution < -0.4 is 4.74 Å². The van der Waals surface area contributed by atoms with Gasteiger partial charge < -0.3 is 9.84 Å². The molecule has 1 atom stereocenters. The number of ether oxygens (including phenoxy) is 1. The van der Waals surface area contributed by atoms with E-state index in [0.717, 1.165) is 6.42 Å². The van der Waals surface area contributed by atoms with Gasteiger partial charge in [0.2, 0.25) is 0 Å². The number of aromatic carboxylic acids is 1. The van der Waals surface area contributed by atoms with Crippen molar-refractivity contribution in [2.24, 2.45) is 5.92 Å². The first-order valence-electron chi connectivity index (χ1n) is 4.94. The Labute approximate surface area is 88.9 Å². The molecule has 0 amide bonds. The predicted molar refractivity (Wildman–Crippen MR) is 56.1 cm³/mol. The van der Waals surface area contributed by atoms with Crippen molar-refractivity contribution < 1.29 is 14.6 Å². The van der Waals surface area contributed by atoms with Crippen LogP contribution in [0.15, 0.2) is 18.5 Å². The molecule has 0 aromatic carbocycles. The molecular weight excluding hydrogens is 194 g/mol. The van der Waals surface area contributed by atoms with Gasteiger partial charge in [-0.3, -0.25) is 4.98 Å². The van der Waals surface area contributed by atoms with E-state index in [9.17, 15) is 4.79 Å². The number of carbonyl (C=O) groups is 1. The third kappa shape index (κ3) is 3.58. The SMILES string of the molecule is CCC(C)COc1cncc(C(=O)O)c1. The average Bonchev–Trinajstić information content (AvgIpc) is 2.26. The van der Waals surface area contributed by atoms with Gasteiger partial charge in [0.25, 0.3) is 0 Å². The standard InChI is InChI=1S/C11H15NO3/c1-3-8(2)7-15-10-4-9(11(13)14)5-12-6-10/h4-6,8H,3,7H2,1-2H3,(H,13,14). The first kappa shape index (κ1) is 11.5. The molecule has 0 aliphatic rings. The van der Waals surface area contributed by atoms with Crippen molar-refractivity contribution >= 4 is 5.97 Å². The molecule has 1 aromatic heterocycles. The minimum atomic E-state index is -0.989. The van der Waals surface area contributed by atoms with Crippen LogP contribution in [-0.2, 0) is 0 Å². The molecule has 1 rings (SSSR count). The Hall–Kier alpha value is -1.58.